The van der Waals surface area contributed by atoms with E-state index in [1.807, 2.05) is 6.07 Å². The molecule has 0 aliphatic heterocycles. The molecule has 0 heterocycles. The van der Waals surface area contributed by atoms with Crippen LogP contribution in [-0.4, -0.2) is 18.2 Å². The van der Waals surface area contributed by atoms with Gasteiger partial charge >= 0.3 is 5.97 Å². The van der Waals surface area contributed by atoms with Crippen molar-refractivity contribution in [3.63, 3.8) is 0 Å². The van der Waals surface area contributed by atoms with Crippen LogP contribution in [0.4, 0.5) is 0 Å². The smallest absolute Gasteiger partial charge is 0.339 e. The molecule has 2 aliphatic carbocycles. The highest BCUT2D eigenvalue weighted by atomic mass is 16.5. The summed E-state index contributed by atoms with van der Waals surface area (Å²) >= 11 is 0. The van der Waals surface area contributed by atoms with Crippen molar-refractivity contribution in [1.82, 2.24) is 0 Å². The second-order valence-corrected chi connectivity index (χ2v) is 7.50. The number of carboxylic acids is 1. The molecule has 0 fully saturated rings. The van der Waals surface area contributed by atoms with Gasteiger partial charge in [-0.3, -0.25) is 0 Å². The van der Waals surface area contributed by atoms with Crippen molar-refractivity contribution in [1.29, 1.82) is 0 Å². The Labute approximate surface area is 148 Å². The topological polar surface area (TPSA) is 46.5 Å². The van der Waals surface area contributed by atoms with E-state index in [-0.39, 0.29) is 16.9 Å². The standard InChI is InChI=1S/C22H22O3/c1-13-8-19-16-7-5-4-6-14(16)11-22(19,2)12-15-9-20(25-3)18(21(23)24)10-17(13)15/h4-10,13H,11-12H2,1-3H3,(H,23,24). The minimum absolute atomic E-state index is 0.0406. The molecule has 4 rings (SSSR count). The van der Waals surface area contributed by atoms with E-state index in [0.717, 1.165) is 18.4 Å². The van der Waals surface area contributed by atoms with Gasteiger partial charge in [-0.15, -0.1) is 0 Å². The molecule has 0 saturated carbocycles. The number of hydrogen-bond acceptors (Lipinski definition) is 2. The molecule has 2 aliphatic rings. The summed E-state index contributed by atoms with van der Waals surface area (Å²) in [6.45, 7) is 4.47. The van der Waals surface area contributed by atoms with Gasteiger partial charge in [0.2, 0.25) is 0 Å². The van der Waals surface area contributed by atoms with Gasteiger partial charge in [-0.05, 0) is 58.7 Å². The van der Waals surface area contributed by atoms with E-state index in [1.54, 1.807) is 6.07 Å². The minimum atomic E-state index is -0.944. The molecule has 0 bridgehead atoms. The van der Waals surface area contributed by atoms with Gasteiger partial charge in [0, 0.05) is 5.41 Å². The maximum absolute atomic E-state index is 11.6. The molecule has 25 heavy (non-hydrogen) atoms. The number of allylic oxidation sites excluding steroid dienone is 2. The van der Waals surface area contributed by atoms with Gasteiger partial charge in [-0.25, -0.2) is 4.79 Å². The van der Waals surface area contributed by atoms with Crippen LogP contribution in [0.15, 0.2) is 42.5 Å². The fourth-order valence-electron chi connectivity index (χ4n) is 4.54. The Morgan fingerprint density at radius 1 is 1.20 bits per heavy atom. The third-order valence-electron chi connectivity index (χ3n) is 5.72. The molecule has 128 valence electrons. The Kier molecular flexibility index (Phi) is 3.50. The summed E-state index contributed by atoms with van der Waals surface area (Å²) in [4.78, 5) is 11.6. The summed E-state index contributed by atoms with van der Waals surface area (Å²) < 4.78 is 5.36. The largest absolute Gasteiger partial charge is 0.496 e. The number of carboxylic acid groups (broad SMARTS) is 1. The van der Waals surface area contributed by atoms with Gasteiger partial charge in [0.25, 0.3) is 0 Å². The second kappa shape index (κ2) is 5.48. The summed E-state index contributed by atoms with van der Waals surface area (Å²) in [6.07, 6.45) is 4.24. The van der Waals surface area contributed by atoms with Crippen molar-refractivity contribution < 1.29 is 14.6 Å². The lowest BCUT2D eigenvalue weighted by atomic mass is 9.78. The zero-order chi connectivity index (χ0) is 17.8. The first-order valence-corrected chi connectivity index (χ1v) is 8.67. The van der Waals surface area contributed by atoms with Gasteiger partial charge in [-0.1, -0.05) is 44.2 Å². The van der Waals surface area contributed by atoms with E-state index >= 15 is 0 Å². The lowest BCUT2D eigenvalue weighted by Gasteiger charge is -2.26. The number of aromatic carboxylic acids is 1. The molecule has 0 saturated heterocycles. The van der Waals surface area contributed by atoms with Crippen LogP contribution in [0.2, 0.25) is 0 Å². The van der Waals surface area contributed by atoms with Crippen LogP contribution in [0, 0.1) is 5.41 Å². The highest BCUT2D eigenvalue weighted by Gasteiger charge is 2.40. The lowest BCUT2D eigenvalue weighted by Crippen LogP contribution is -2.19. The number of ether oxygens (including phenoxy) is 1. The lowest BCUT2D eigenvalue weighted by molar-refractivity contribution is 0.0693. The normalized spacial score (nSPS) is 23.8. The Hall–Kier alpha value is -2.55. The third-order valence-corrected chi connectivity index (χ3v) is 5.72. The van der Waals surface area contributed by atoms with Crippen LogP contribution in [0.5, 0.6) is 5.75 Å². The van der Waals surface area contributed by atoms with E-state index in [0.29, 0.717) is 5.75 Å². The first-order valence-electron chi connectivity index (χ1n) is 8.67. The molecule has 0 amide bonds. The highest BCUT2D eigenvalue weighted by Crippen LogP contribution is 2.52. The average Bonchev–Trinajstić information content (AvgIpc) is 2.79. The zero-order valence-corrected chi connectivity index (χ0v) is 14.8. The molecule has 2 aromatic carbocycles. The predicted octanol–water partition coefficient (Wildman–Crippen LogP) is 4.70. The van der Waals surface area contributed by atoms with E-state index in [4.69, 9.17) is 4.74 Å². The van der Waals surface area contributed by atoms with Crippen molar-refractivity contribution in [2.45, 2.75) is 32.6 Å². The first kappa shape index (κ1) is 15.9. The molecular formula is C22H22O3. The van der Waals surface area contributed by atoms with Crippen LogP contribution in [0.1, 0.15) is 52.4 Å². The van der Waals surface area contributed by atoms with E-state index in [2.05, 4.69) is 44.2 Å². The SMILES string of the molecule is COc1cc2c(cc1C(=O)O)C(C)C=C1c3ccccc3CC1(C)C2. The minimum Gasteiger partial charge on any atom is -0.496 e. The van der Waals surface area contributed by atoms with Crippen molar-refractivity contribution in [3.05, 3.63) is 70.3 Å². The number of benzene rings is 2. The summed E-state index contributed by atoms with van der Waals surface area (Å²) in [5.41, 5.74) is 6.71. The third kappa shape index (κ3) is 2.38. The maximum atomic E-state index is 11.6. The highest BCUT2D eigenvalue weighted by molar-refractivity contribution is 5.91. The van der Waals surface area contributed by atoms with Crippen molar-refractivity contribution >= 4 is 11.5 Å². The zero-order valence-electron chi connectivity index (χ0n) is 14.8. The van der Waals surface area contributed by atoms with Crippen LogP contribution in [0.25, 0.3) is 5.57 Å². The molecule has 1 N–H and O–H groups in total. The van der Waals surface area contributed by atoms with E-state index in [9.17, 15) is 9.90 Å². The van der Waals surface area contributed by atoms with Gasteiger partial charge in [0.05, 0.1) is 7.11 Å². The van der Waals surface area contributed by atoms with Gasteiger partial charge in [0.15, 0.2) is 0 Å². The van der Waals surface area contributed by atoms with Crippen molar-refractivity contribution in [2.24, 2.45) is 5.41 Å². The predicted molar refractivity (Wildman–Crippen MR) is 98.3 cm³/mol. The Morgan fingerprint density at radius 2 is 1.92 bits per heavy atom. The van der Waals surface area contributed by atoms with Crippen LogP contribution >= 0.6 is 0 Å². The monoisotopic (exact) mass is 334 g/mol. The number of rotatable bonds is 2. The molecular weight excluding hydrogens is 312 g/mol. The van der Waals surface area contributed by atoms with Crippen molar-refractivity contribution in [3.8, 4) is 5.75 Å². The summed E-state index contributed by atoms with van der Waals surface area (Å²) in [5, 5.41) is 9.50. The molecule has 2 aromatic rings. The first-order chi connectivity index (χ1) is 11.9. The fourth-order valence-corrected chi connectivity index (χ4v) is 4.54. The molecule has 0 radical (unpaired) electrons. The number of methoxy groups -OCH3 is 1. The Bertz CT molecular complexity index is 909. The number of fused-ring (bicyclic) bond motifs is 4. The maximum Gasteiger partial charge on any atom is 0.339 e. The number of carbonyl (C=O) groups is 1. The molecule has 3 heteroatoms. The average molecular weight is 334 g/mol. The Balaban J connectivity index is 1.90. The van der Waals surface area contributed by atoms with E-state index < -0.39 is 5.97 Å². The Morgan fingerprint density at radius 3 is 2.64 bits per heavy atom. The quantitative estimate of drug-likeness (QED) is 0.866. The van der Waals surface area contributed by atoms with Crippen molar-refractivity contribution in [2.75, 3.05) is 7.11 Å². The van der Waals surface area contributed by atoms with Gasteiger partial charge in [0.1, 0.15) is 11.3 Å². The van der Waals surface area contributed by atoms with Crippen LogP contribution < -0.4 is 4.74 Å². The van der Waals surface area contributed by atoms with E-state index in [1.165, 1.54) is 29.4 Å². The molecule has 2 unspecified atom stereocenters. The summed E-state index contributed by atoms with van der Waals surface area (Å²) in [7, 11) is 1.53. The van der Waals surface area contributed by atoms with Crippen LogP contribution in [-0.2, 0) is 12.8 Å². The van der Waals surface area contributed by atoms with Gasteiger partial charge < -0.3 is 9.84 Å². The molecule has 0 aromatic heterocycles. The second-order valence-electron chi connectivity index (χ2n) is 7.50. The van der Waals surface area contributed by atoms with Gasteiger partial charge in [-0.2, -0.15) is 0 Å². The summed E-state index contributed by atoms with van der Waals surface area (Å²) in [6, 6.07) is 12.4. The molecule has 3 nitrogen and oxygen atoms in total. The number of hydrogen-bond donors (Lipinski definition) is 1. The van der Waals surface area contributed by atoms with Crippen LogP contribution in [0.3, 0.4) is 0 Å². The molecule has 2 atom stereocenters. The summed E-state index contributed by atoms with van der Waals surface area (Å²) in [5.74, 6) is -0.330. The molecule has 0 spiro atoms. The fraction of sp³-hybridized carbons (Fsp3) is 0.318.